The topological polar surface area (TPSA) is 40.5 Å². The molecular weight excluding hydrogens is 190 g/mol. The van der Waals surface area contributed by atoms with E-state index in [1.165, 1.54) is 0 Å². The molecule has 0 radical (unpaired) electrons. The van der Waals surface area contributed by atoms with Crippen LogP contribution in [0.4, 0.5) is 0 Å². The van der Waals surface area contributed by atoms with Gasteiger partial charge in [-0.05, 0) is 44.2 Å². The summed E-state index contributed by atoms with van der Waals surface area (Å²) in [7, 11) is 2.09. The minimum atomic E-state index is -0.647. The van der Waals surface area contributed by atoms with Gasteiger partial charge in [-0.15, -0.1) is 0 Å². The van der Waals surface area contributed by atoms with E-state index in [0.717, 1.165) is 32.4 Å². The van der Waals surface area contributed by atoms with Gasteiger partial charge in [0.25, 0.3) is 0 Å². The van der Waals surface area contributed by atoms with Crippen LogP contribution in [0.25, 0.3) is 0 Å². The van der Waals surface area contributed by atoms with Crippen LogP contribution in [0.5, 0.6) is 0 Å². The first kappa shape index (κ1) is 12.5. The number of likely N-dealkylation sites (tertiary alicyclic amines) is 1. The predicted octanol–water partition coefficient (Wildman–Crippen LogP) is 2.22. The summed E-state index contributed by atoms with van der Waals surface area (Å²) in [5, 5.41) is 9.01. The normalized spacial score (nSPS) is 28.3. The highest BCUT2D eigenvalue weighted by atomic mass is 16.4. The fraction of sp³-hybridized carbons (Fsp3) is 0.917. The zero-order chi connectivity index (χ0) is 11.5. The molecule has 1 heterocycles. The van der Waals surface area contributed by atoms with Crippen LogP contribution in [-0.2, 0) is 4.79 Å². The molecule has 3 heteroatoms. The molecule has 0 aromatic heterocycles. The molecule has 0 bridgehead atoms. The number of carboxylic acid groups (broad SMARTS) is 1. The van der Waals surface area contributed by atoms with E-state index < -0.39 is 5.97 Å². The van der Waals surface area contributed by atoms with E-state index in [1.54, 1.807) is 0 Å². The van der Waals surface area contributed by atoms with Crippen molar-refractivity contribution in [3.05, 3.63) is 0 Å². The number of rotatable bonds is 4. The second-order valence-electron chi connectivity index (χ2n) is 5.51. The van der Waals surface area contributed by atoms with Gasteiger partial charge in [0.05, 0.1) is 6.42 Å². The van der Waals surface area contributed by atoms with E-state index in [-0.39, 0.29) is 5.41 Å². The Balaban J connectivity index is 2.70. The molecule has 15 heavy (non-hydrogen) atoms. The van der Waals surface area contributed by atoms with Crippen LogP contribution in [0, 0.1) is 11.3 Å². The van der Waals surface area contributed by atoms with Crippen LogP contribution in [-0.4, -0.2) is 36.1 Å². The standard InChI is InChI=1S/C12H23NO2/c1-10(2)7-12(8-11(14)15)5-4-6-13(3)9-12/h10H,4-9H2,1-3H3,(H,14,15). The van der Waals surface area contributed by atoms with Crippen LogP contribution in [0.3, 0.4) is 0 Å². The average molecular weight is 213 g/mol. The zero-order valence-electron chi connectivity index (χ0n) is 10.1. The summed E-state index contributed by atoms with van der Waals surface area (Å²) < 4.78 is 0. The lowest BCUT2D eigenvalue weighted by Gasteiger charge is -2.41. The summed E-state index contributed by atoms with van der Waals surface area (Å²) in [6.07, 6.45) is 3.57. The molecule has 0 aromatic rings. The molecule has 1 aliphatic heterocycles. The first-order valence-corrected chi connectivity index (χ1v) is 5.84. The number of carbonyl (C=O) groups is 1. The maximum absolute atomic E-state index is 10.9. The van der Waals surface area contributed by atoms with Gasteiger partial charge in [0, 0.05) is 6.54 Å². The minimum Gasteiger partial charge on any atom is -0.481 e. The number of piperidine rings is 1. The quantitative estimate of drug-likeness (QED) is 0.778. The highest BCUT2D eigenvalue weighted by Gasteiger charge is 2.36. The molecule has 0 aliphatic carbocycles. The van der Waals surface area contributed by atoms with Crippen molar-refractivity contribution in [3.8, 4) is 0 Å². The Labute approximate surface area is 92.5 Å². The van der Waals surface area contributed by atoms with Gasteiger partial charge in [0.15, 0.2) is 0 Å². The van der Waals surface area contributed by atoms with E-state index in [0.29, 0.717) is 12.3 Å². The number of hydrogen-bond acceptors (Lipinski definition) is 2. The first-order valence-electron chi connectivity index (χ1n) is 5.84. The number of carboxylic acids is 1. The molecule has 1 aliphatic rings. The Morgan fingerprint density at radius 3 is 2.67 bits per heavy atom. The molecule has 1 atom stereocenters. The van der Waals surface area contributed by atoms with Gasteiger partial charge >= 0.3 is 5.97 Å². The molecule has 1 unspecified atom stereocenters. The van der Waals surface area contributed by atoms with E-state index in [2.05, 4.69) is 25.8 Å². The minimum absolute atomic E-state index is 0.0208. The van der Waals surface area contributed by atoms with Gasteiger partial charge in [-0.3, -0.25) is 4.79 Å². The zero-order valence-corrected chi connectivity index (χ0v) is 10.1. The van der Waals surface area contributed by atoms with Crippen LogP contribution < -0.4 is 0 Å². The summed E-state index contributed by atoms with van der Waals surface area (Å²) in [5.41, 5.74) is 0.0208. The Kier molecular flexibility index (Phi) is 4.14. The van der Waals surface area contributed by atoms with Crippen LogP contribution in [0.2, 0.25) is 0 Å². The van der Waals surface area contributed by atoms with E-state index in [1.807, 2.05) is 0 Å². The summed E-state index contributed by atoms with van der Waals surface area (Å²) >= 11 is 0. The van der Waals surface area contributed by atoms with Crippen LogP contribution in [0.15, 0.2) is 0 Å². The van der Waals surface area contributed by atoms with Crippen molar-refractivity contribution in [2.45, 2.75) is 39.5 Å². The third-order valence-electron chi connectivity index (χ3n) is 3.22. The van der Waals surface area contributed by atoms with Crippen molar-refractivity contribution in [1.82, 2.24) is 4.90 Å². The summed E-state index contributed by atoms with van der Waals surface area (Å²) in [5.74, 6) is -0.0678. The maximum atomic E-state index is 10.9. The fourth-order valence-corrected chi connectivity index (χ4v) is 3.02. The second kappa shape index (κ2) is 4.97. The van der Waals surface area contributed by atoms with Gasteiger partial charge in [-0.25, -0.2) is 0 Å². The van der Waals surface area contributed by atoms with Gasteiger partial charge in [-0.2, -0.15) is 0 Å². The Morgan fingerprint density at radius 2 is 2.20 bits per heavy atom. The Morgan fingerprint density at radius 1 is 1.53 bits per heavy atom. The van der Waals surface area contributed by atoms with Crippen molar-refractivity contribution in [2.75, 3.05) is 20.1 Å². The van der Waals surface area contributed by atoms with E-state index >= 15 is 0 Å². The molecule has 0 amide bonds. The molecule has 0 spiro atoms. The highest BCUT2D eigenvalue weighted by Crippen LogP contribution is 2.38. The summed E-state index contributed by atoms with van der Waals surface area (Å²) in [6, 6.07) is 0. The molecule has 3 nitrogen and oxygen atoms in total. The van der Waals surface area contributed by atoms with Crippen molar-refractivity contribution in [2.24, 2.45) is 11.3 Å². The van der Waals surface area contributed by atoms with E-state index in [4.69, 9.17) is 5.11 Å². The summed E-state index contributed by atoms with van der Waals surface area (Å²) in [4.78, 5) is 13.2. The van der Waals surface area contributed by atoms with Gasteiger partial charge in [0.1, 0.15) is 0 Å². The third-order valence-corrected chi connectivity index (χ3v) is 3.22. The average Bonchev–Trinajstić information content (AvgIpc) is 1.99. The molecule has 88 valence electrons. The second-order valence-corrected chi connectivity index (χ2v) is 5.51. The molecule has 1 rings (SSSR count). The van der Waals surface area contributed by atoms with Crippen LogP contribution in [0.1, 0.15) is 39.5 Å². The SMILES string of the molecule is CC(C)CC1(CC(=O)O)CCCN(C)C1. The lowest BCUT2D eigenvalue weighted by molar-refractivity contribution is -0.141. The van der Waals surface area contributed by atoms with Gasteiger partial charge in [-0.1, -0.05) is 13.8 Å². The Hall–Kier alpha value is -0.570. The first-order chi connectivity index (χ1) is 6.93. The third kappa shape index (κ3) is 3.82. The predicted molar refractivity (Wildman–Crippen MR) is 60.9 cm³/mol. The molecule has 0 aromatic carbocycles. The smallest absolute Gasteiger partial charge is 0.303 e. The van der Waals surface area contributed by atoms with Crippen molar-refractivity contribution in [1.29, 1.82) is 0 Å². The van der Waals surface area contributed by atoms with E-state index in [9.17, 15) is 4.79 Å². The van der Waals surface area contributed by atoms with Crippen molar-refractivity contribution in [3.63, 3.8) is 0 Å². The molecule has 1 N–H and O–H groups in total. The molecular formula is C12H23NO2. The lowest BCUT2D eigenvalue weighted by Crippen LogP contribution is -2.43. The summed E-state index contributed by atoms with van der Waals surface area (Å²) in [6.45, 7) is 6.41. The molecule has 1 fully saturated rings. The number of aliphatic carboxylic acids is 1. The number of nitrogens with zero attached hydrogens (tertiary/aromatic N) is 1. The monoisotopic (exact) mass is 213 g/mol. The lowest BCUT2D eigenvalue weighted by atomic mass is 9.72. The molecule has 0 saturated carbocycles. The van der Waals surface area contributed by atoms with Gasteiger partial charge in [0.2, 0.25) is 0 Å². The van der Waals surface area contributed by atoms with Crippen LogP contribution >= 0.6 is 0 Å². The van der Waals surface area contributed by atoms with Crippen molar-refractivity contribution >= 4 is 5.97 Å². The highest BCUT2D eigenvalue weighted by molar-refractivity contribution is 5.67. The van der Waals surface area contributed by atoms with Crippen molar-refractivity contribution < 1.29 is 9.90 Å². The largest absolute Gasteiger partial charge is 0.481 e. The molecule has 1 saturated heterocycles. The van der Waals surface area contributed by atoms with Gasteiger partial charge < -0.3 is 10.0 Å². The maximum Gasteiger partial charge on any atom is 0.303 e. The Bertz CT molecular complexity index is 224. The number of hydrogen-bond donors (Lipinski definition) is 1. The fourth-order valence-electron chi connectivity index (χ4n) is 3.02.